The first-order valence-corrected chi connectivity index (χ1v) is 7.97. The Morgan fingerprint density at radius 2 is 1.88 bits per heavy atom. The first kappa shape index (κ1) is 17.7. The van der Waals surface area contributed by atoms with Gasteiger partial charge in [-0.2, -0.15) is 0 Å². The van der Waals surface area contributed by atoms with Gasteiger partial charge in [-0.05, 0) is 56.4 Å². The van der Waals surface area contributed by atoms with E-state index in [1.165, 1.54) is 18.1 Å². The van der Waals surface area contributed by atoms with Gasteiger partial charge in [-0.25, -0.2) is 9.59 Å². The lowest BCUT2D eigenvalue weighted by Gasteiger charge is -2.13. The quantitative estimate of drug-likeness (QED) is 0.638. The van der Waals surface area contributed by atoms with Gasteiger partial charge in [0.2, 0.25) is 0 Å². The van der Waals surface area contributed by atoms with Crippen LogP contribution in [0.4, 0.5) is 5.69 Å². The lowest BCUT2D eigenvalue weighted by atomic mass is 10.1. The summed E-state index contributed by atoms with van der Waals surface area (Å²) in [4.78, 5) is 34.8. The summed E-state index contributed by atoms with van der Waals surface area (Å²) in [7, 11) is 0. The third-order valence-electron chi connectivity index (χ3n) is 3.67. The van der Waals surface area contributed by atoms with Crippen LogP contribution in [0.1, 0.15) is 31.4 Å². The van der Waals surface area contributed by atoms with Gasteiger partial charge in [0.15, 0.2) is 6.10 Å². The van der Waals surface area contributed by atoms with Crippen molar-refractivity contribution in [3.05, 3.63) is 41.5 Å². The predicted octanol–water partition coefficient (Wildman–Crippen LogP) is 2.16. The molecule has 6 heteroatoms. The maximum absolute atomic E-state index is 12.1. The first-order valence-electron chi connectivity index (χ1n) is 7.97. The molecule has 0 aromatic heterocycles. The molecule has 0 spiro atoms. The van der Waals surface area contributed by atoms with Crippen molar-refractivity contribution in [3.8, 4) is 0 Å². The van der Waals surface area contributed by atoms with Crippen LogP contribution in [0, 0.1) is 0 Å². The molecule has 0 aliphatic heterocycles. The second kappa shape index (κ2) is 8.29. The minimum atomic E-state index is -0.974. The van der Waals surface area contributed by atoms with Crippen LogP contribution < -0.4 is 5.32 Å². The number of anilines is 1. The molecule has 1 atom stereocenters. The molecule has 0 bridgehead atoms. The van der Waals surface area contributed by atoms with Gasteiger partial charge in [0.05, 0.1) is 6.61 Å². The monoisotopic (exact) mass is 331 g/mol. The molecule has 0 saturated heterocycles. The number of benzene rings is 1. The Hall–Kier alpha value is -2.63. The van der Waals surface area contributed by atoms with E-state index in [9.17, 15) is 14.4 Å². The van der Waals surface area contributed by atoms with Crippen molar-refractivity contribution in [1.29, 1.82) is 0 Å². The number of fused-ring (bicyclic) bond motifs is 1. The number of ether oxygens (including phenoxy) is 2. The molecule has 0 radical (unpaired) electrons. The number of hydrogen-bond acceptors (Lipinski definition) is 5. The van der Waals surface area contributed by atoms with Crippen molar-refractivity contribution in [2.75, 3.05) is 11.9 Å². The summed E-state index contributed by atoms with van der Waals surface area (Å²) < 4.78 is 9.61. The number of carbonyl (C=O) groups excluding carboxylic acids is 3. The van der Waals surface area contributed by atoms with E-state index in [-0.39, 0.29) is 6.61 Å². The lowest BCUT2D eigenvalue weighted by molar-refractivity contribution is -0.148. The first-order chi connectivity index (χ1) is 11.5. The number of hydrogen-bond donors (Lipinski definition) is 1. The summed E-state index contributed by atoms with van der Waals surface area (Å²) in [6, 6.07) is 5.81. The molecule has 2 rings (SSSR count). The highest BCUT2D eigenvalue weighted by Gasteiger charge is 2.18. The summed E-state index contributed by atoms with van der Waals surface area (Å²) in [6.45, 7) is 3.35. The Morgan fingerprint density at radius 1 is 1.17 bits per heavy atom. The van der Waals surface area contributed by atoms with Crippen LogP contribution in [0.2, 0.25) is 0 Å². The maximum Gasteiger partial charge on any atom is 0.331 e. The summed E-state index contributed by atoms with van der Waals surface area (Å²) in [5.74, 6) is -1.84. The smallest absolute Gasteiger partial charge is 0.331 e. The summed E-state index contributed by atoms with van der Waals surface area (Å²) in [5.41, 5.74) is 3.25. The zero-order chi connectivity index (χ0) is 17.5. The van der Waals surface area contributed by atoms with Crippen LogP contribution in [0.15, 0.2) is 30.4 Å². The third kappa shape index (κ3) is 4.94. The highest BCUT2D eigenvalue weighted by Crippen LogP contribution is 2.24. The van der Waals surface area contributed by atoms with Crippen LogP contribution in [0.25, 0.3) is 0 Å². The molecule has 0 heterocycles. The standard InChI is InChI=1S/C18H21NO5/c1-3-23-16(20)9-10-17(21)24-12(2)18(22)19-15-8-7-13-5-4-6-14(13)11-15/h7-12H,3-6H2,1-2H3,(H,19,22)/b10-9+. The van der Waals surface area contributed by atoms with Gasteiger partial charge in [-0.15, -0.1) is 0 Å². The SMILES string of the molecule is CCOC(=O)/C=C/C(=O)OC(C)C(=O)Nc1ccc2c(c1)CCC2. The van der Waals surface area contributed by atoms with E-state index in [0.29, 0.717) is 5.69 Å². The van der Waals surface area contributed by atoms with Crippen LogP contribution in [0.5, 0.6) is 0 Å². The number of esters is 2. The van der Waals surface area contributed by atoms with E-state index in [4.69, 9.17) is 4.74 Å². The van der Waals surface area contributed by atoms with Gasteiger partial charge in [-0.1, -0.05) is 6.07 Å². The van der Waals surface area contributed by atoms with Gasteiger partial charge < -0.3 is 14.8 Å². The molecule has 1 unspecified atom stereocenters. The fraction of sp³-hybridized carbons (Fsp3) is 0.389. The molecule has 6 nitrogen and oxygen atoms in total. The molecule has 1 N–H and O–H groups in total. The van der Waals surface area contributed by atoms with Gasteiger partial charge in [0.25, 0.3) is 5.91 Å². The maximum atomic E-state index is 12.1. The van der Waals surface area contributed by atoms with E-state index < -0.39 is 23.9 Å². The number of nitrogens with one attached hydrogen (secondary N) is 1. The molecule has 0 fully saturated rings. The van der Waals surface area contributed by atoms with Crippen LogP contribution in [0.3, 0.4) is 0 Å². The molecular weight excluding hydrogens is 310 g/mol. The van der Waals surface area contributed by atoms with Crippen LogP contribution in [-0.4, -0.2) is 30.6 Å². The number of aryl methyl sites for hydroxylation is 2. The van der Waals surface area contributed by atoms with Crippen LogP contribution in [-0.2, 0) is 36.7 Å². The molecule has 1 aromatic carbocycles. The summed E-state index contributed by atoms with van der Waals surface area (Å²) >= 11 is 0. The van der Waals surface area contributed by atoms with E-state index in [1.807, 2.05) is 18.2 Å². The van der Waals surface area contributed by atoms with Crippen LogP contribution >= 0.6 is 0 Å². The predicted molar refractivity (Wildman–Crippen MR) is 88.4 cm³/mol. The van der Waals surface area contributed by atoms with E-state index in [2.05, 4.69) is 10.1 Å². The second-order valence-electron chi connectivity index (χ2n) is 5.49. The highest BCUT2D eigenvalue weighted by molar-refractivity contribution is 5.97. The molecule has 1 aliphatic carbocycles. The minimum Gasteiger partial charge on any atom is -0.463 e. The van der Waals surface area contributed by atoms with Crippen molar-refractivity contribution < 1.29 is 23.9 Å². The topological polar surface area (TPSA) is 81.7 Å². The Morgan fingerprint density at radius 3 is 2.62 bits per heavy atom. The van der Waals surface area contributed by atoms with E-state index in [1.54, 1.807) is 6.92 Å². The Kier molecular flexibility index (Phi) is 6.12. The molecule has 24 heavy (non-hydrogen) atoms. The number of rotatable bonds is 6. The highest BCUT2D eigenvalue weighted by atomic mass is 16.5. The van der Waals surface area contributed by atoms with Crippen molar-refractivity contribution in [2.45, 2.75) is 39.2 Å². The van der Waals surface area contributed by atoms with Crippen molar-refractivity contribution in [3.63, 3.8) is 0 Å². The fourth-order valence-electron chi connectivity index (χ4n) is 2.49. The molecule has 1 aliphatic rings. The van der Waals surface area contributed by atoms with Crippen molar-refractivity contribution in [1.82, 2.24) is 0 Å². The van der Waals surface area contributed by atoms with Gasteiger partial charge in [0, 0.05) is 17.8 Å². The average molecular weight is 331 g/mol. The Labute approximate surface area is 140 Å². The molecular formula is C18H21NO5. The van der Waals surface area contributed by atoms with Crippen molar-refractivity contribution >= 4 is 23.5 Å². The van der Waals surface area contributed by atoms with Gasteiger partial charge in [0.1, 0.15) is 0 Å². The third-order valence-corrected chi connectivity index (χ3v) is 3.67. The fourth-order valence-corrected chi connectivity index (χ4v) is 2.49. The summed E-state index contributed by atoms with van der Waals surface area (Å²) in [5, 5.41) is 2.73. The molecule has 128 valence electrons. The number of amides is 1. The number of carbonyl (C=O) groups is 3. The Balaban J connectivity index is 1.85. The average Bonchev–Trinajstić information content (AvgIpc) is 3.00. The van der Waals surface area contributed by atoms with E-state index >= 15 is 0 Å². The summed E-state index contributed by atoms with van der Waals surface area (Å²) in [6.07, 6.45) is 4.16. The minimum absolute atomic E-state index is 0.220. The lowest BCUT2D eigenvalue weighted by Crippen LogP contribution is -2.29. The normalized spacial score (nSPS) is 14.1. The largest absolute Gasteiger partial charge is 0.463 e. The molecule has 0 saturated carbocycles. The zero-order valence-corrected chi connectivity index (χ0v) is 13.8. The van der Waals surface area contributed by atoms with Gasteiger partial charge in [-0.3, -0.25) is 4.79 Å². The van der Waals surface area contributed by atoms with Gasteiger partial charge >= 0.3 is 11.9 Å². The van der Waals surface area contributed by atoms with E-state index in [0.717, 1.165) is 31.4 Å². The Bertz CT molecular complexity index is 665. The molecule has 1 aromatic rings. The zero-order valence-electron chi connectivity index (χ0n) is 13.8. The van der Waals surface area contributed by atoms with Crippen molar-refractivity contribution in [2.24, 2.45) is 0 Å². The second-order valence-corrected chi connectivity index (χ2v) is 5.49. The molecule has 1 amide bonds.